The normalized spacial score (nSPS) is 50.4. The van der Waals surface area contributed by atoms with Gasteiger partial charge < -0.3 is 54.3 Å². The van der Waals surface area contributed by atoms with Crippen molar-refractivity contribution in [2.75, 3.05) is 13.1 Å². The van der Waals surface area contributed by atoms with E-state index in [4.69, 9.17) is 23.7 Å². The van der Waals surface area contributed by atoms with Gasteiger partial charge in [-0.25, -0.2) is 4.79 Å². The molecule has 3 saturated heterocycles. The van der Waals surface area contributed by atoms with Crippen LogP contribution >= 0.6 is 0 Å². The first kappa shape index (κ1) is 42.7. The molecular weight excluding hydrogens is 746 g/mol. The van der Waals surface area contributed by atoms with Crippen molar-refractivity contribution >= 4 is 23.9 Å². The number of aliphatic hydroxyl groups excluding tert-OH is 2. The molecule has 1 spiro atoms. The maximum atomic E-state index is 13.9. The maximum Gasteiger partial charge on any atom is 0.341 e. The SMILES string of the molecule is CCC(C)C(=O)OC1C(O)C2C(CN3CC(C)CCC3C2(C)O)C2C[C@@]34O[C@@]5(O)C(OC(=O)C(C)(O)C(C)O)CCC3(C)C5C(OC(C)=O)C(OC(C)=O)C4[C@@]21O. The monoisotopic (exact) mass is 809 g/mol. The lowest BCUT2D eigenvalue weighted by Crippen LogP contribution is -2.78. The number of hydrogen-bond donors (Lipinski definition) is 6. The number of fused-ring (bicyclic) bond motifs is 5. The standard InChI is InChI=1S/C41H63NO15/c1-10-19(3)34(47)56-33-28(46)27-23(17-42-16-18(2)11-12-25(42)38(27,9)50)24-15-39-32(40(24,33)51)30(54-22(6)45)29(53-21(5)44)31-36(39,7)14-13-26(41(31,52)57-39)55-35(48)37(8,49)20(4)43/h18-20,23-33,43,46,49-52H,10-17H2,1-9H3/t18?,19?,20?,23?,24?,25?,26?,27?,28?,29?,30?,31?,32?,33?,36?,37?,38?,39-,40-,41-/m0/s1. The van der Waals surface area contributed by atoms with E-state index in [1.807, 2.05) is 6.92 Å². The molecule has 4 bridgehead atoms. The zero-order valence-electron chi connectivity index (χ0n) is 34.5. The molecule has 0 radical (unpaired) electrons. The van der Waals surface area contributed by atoms with Crippen LogP contribution in [0.4, 0.5) is 0 Å². The predicted molar refractivity (Wildman–Crippen MR) is 196 cm³/mol. The fraction of sp³-hybridized carbons (Fsp3) is 0.902. The maximum absolute atomic E-state index is 13.9. The Morgan fingerprint density at radius 2 is 1.54 bits per heavy atom. The van der Waals surface area contributed by atoms with E-state index in [2.05, 4.69) is 11.8 Å². The molecule has 0 aromatic rings. The van der Waals surface area contributed by atoms with Crippen molar-refractivity contribution in [1.29, 1.82) is 0 Å². The van der Waals surface area contributed by atoms with Crippen LogP contribution in [-0.2, 0) is 42.9 Å². The lowest BCUT2D eigenvalue weighted by atomic mass is 9.48. The molecule has 4 saturated carbocycles. The van der Waals surface area contributed by atoms with Crippen LogP contribution in [0.15, 0.2) is 0 Å². The Hall–Kier alpha value is -2.44. The number of nitrogens with zero attached hydrogens (tertiary/aromatic N) is 1. The van der Waals surface area contributed by atoms with Crippen molar-refractivity contribution in [3.05, 3.63) is 0 Å². The number of piperidine rings is 2. The highest BCUT2D eigenvalue weighted by Gasteiger charge is 2.90. The van der Waals surface area contributed by atoms with E-state index in [0.717, 1.165) is 27.2 Å². The van der Waals surface area contributed by atoms with E-state index in [9.17, 15) is 49.8 Å². The summed E-state index contributed by atoms with van der Waals surface area (Å²) in [5, 5.41) is 73.2. The third-order valence-electron chi connectivity index (χ3n) is 16.1. The molecule has 322 valence electrons. The lowest BCUT2D eigenvalue weighted by molar-refractivity contribution is -0.301. The van der Waals surface area contributed by atoms with Crippen LogP contribution in [0.1, 0.15) is 101 Å². The molecule has 3 heterocycles. The molecule has 6 N–H and O–H groups in total. The largest absolute Gasteiger partial charge is 0.458 e. The minimum atomic E-state index is -2.47. The van der Waals surface area contributed by atoms with Crippen LogP contribution in [0.5, 0.6) is 0 Å². The highest BCUT2D eigenvalue weighted by atomic mass is 16.7. The van der Waals surface area contributed by atoms with Crippen molar-refractivity contribution in [3.8, 4) is 0 Å². The Morgan fingerprint density at radius 1 is 0.930 bits per heavy atom. The highest BCUT2D eigenvalue weighted by Crippen LogP contribution is 2.78. The third-order valence-corrected chi connectivity index (χ3v) is 16.1. The molecule has 16 heteroatoms. The lowest BCUT2D eigenvalue weighted by Gasteiger charge is -2.64. The van der Waals surface area contributed by atoms with E-state index in [1.165, 1.54) is 6.92 Å². The number of rotatable bonds is 8. The molecule has 3 aliphatic heterocycles. The van der Waals surface area contributed by atoms with Crippen molar-refractivity contribution in [3.63, 3.8) is 0 Å². The summed E-state index contributed by atoms with van der Waals surface area (Å²) in [6, 6.07) is -0.329. The zero-order valence-corrected chi connectivity index (χ0v) is 34.5. The molecule has 7 aliphatic rings. The minimum Gasteiger partial charge on any atom is -0.458 e. The van der Waals surface area contributed by atoms with Crippen molar-refractivity contribution in [1.82, 2.24) is 4.90 Å². The number of esters is 4. The first-order chi connectivity index (χ1) is 26.3. The number of hydrogen-bond acceptors (Lipinski definition) is 16. The smallest absolute Gasteiger partial charge is 0.341 e. The molecule has 0 amide bonds. The summed E-state index contributed by atoms with van der Waals surface area (Å²) in [6.45, 7) is 14.7. The highest BCUT2D eigenvalue weighted by molar-refractivity contribution is 5.79. The molecular formula is C41H63NO15. The fourth-order valence-electron chi connectivity index (χ4n) is 13.1. The van der Waals surface area contributed by atoms with E-state index in [1.54, 1.807) is 20.8 Å². The van der Waals surface area contributed by atoms with Crippen molar-refractivity contribution < 1.29 is 73.5 Å². The van der Waals surface area contributed by atoms with Crippen molar-refractivity contribution in [2.24, 2.45) is 46.8 Å². The van der Waals surface area contributed by atoms with Gasteiger partial charge in [0.2, 0.25) is 5.79 Å². The van der Waals surface area contributed by atoms with Gasteiger partial charge in [0.1, 0.15) is 17.8 Å². The first-order valence-electron chi connectivity index (χ1n) is 20.8. The first-order valence-corrected chi connectivity index (χ1v) is 20.8. The topological polar surface area (TPSA) is 239 Å². The quantitative estimate of drug-likeness (QED) is 0.145. The van der Waals surface area contributed by atoms with Crippen LogP contribution in [0, 0.1) is 46.8 Å². The van der Waals surface area contributed by atoms with Gasteiger partial charge in [0.15, 0.2) is 17.8 Å². The third kappa shape index (κ3) is 5.81. The van der Waals surface area contributed by atoms with Gasteiger partial charge in [0.05, 0.1) is 41.2 Å². The van der Waals surface area contributed by atoms with E-state index in [-0.39, 0.29) is 25.3 Å². The molecule has 16 nitrogen and oxygen atoms in total. The molecule has 20 atom stereocenters. The summed E-state index contributed by atoms with van der Waals surface area (Å²) in [5.74, 6) is -11.5. The Labute approximate surface area is 333 Å². The Kier molecular flexibility index (Phi) is 10.3. The van der Waals surface area contributed by atoms with E-state index < -0.39 is 130 Å². The predicted octanol–water partition coefficient (Wildman–Crippen LogP) is 0.578. The van der Waals surface area contributed by atoms with Gasteiger partial charge in [-0.15, -0.1) is 0 Å². The minimum absolute atomic E-state index is 0.0170. The van der Waals surface area contributed by atoms with Crippen LogP contribution in [0.2, 0.25) is 0 Å². The second-order valence-electron chi connectivity index (χ2n) is 19.4. The fourth-order valence-corrected chi connectivity index (χ4v) is 13.1. The number of ether oxygens (including phenoxy) is 5. The summed E-state index contributed by atoms with van der Waals surface area (Å²) in [7, 11) is 0. The molecule has 7 rings (SSSR count). The number of carbonyl (C=O) groups excluding carboxylic acids is 4. The Balaban J connectivity index is 1.45. The molecule has 7 fully saturated rings. The van der Waals surface area contributed by atoms with Gasteiger partial charge in [-0.3, -0.25) is 19.3 Å². The molecule has 17 unspecified atom stereocenters. The number of aliphatic hydroxyl groups is 6. The van der Waals surface area contributed by atoms with Gasteiger partial charge in [-0.2, -0.15) is 0 Å². The van der Waals surface area contributed by atoms with Gasteiger partial charge >= 0.3 is 23.9 Å². The van der Waals surface area contributed by atoms with Crippen LogP contribution in [0.3, 0.4) is 0 Å². The van der Waals surface area contributed by atoms with Gasteiger partial charge in [0, 0.05) is 44.3 Å². The summed E-state index contributed by atoms with van der Waals surface area (Å²) >= 11 is 0. The summed E-state index contributed by atoms with van der Waals surface area (Å²) in [4.78, 5) is 55.6. The van der Waals surface area contributed by atoms with Crippen LogP contribution < -0.4 is 0 Å². The van der Waals surface area contributed by atoms with Gasteiger partial charge in [-0.1, -0.05) is 27.7 Å². The molecule has 0 aromatic carbocycles. The molecule has 0 aromatic heterocycles. The molecule has 4 aliphatic carbocycles. The van der Waals surface area contributed by atoms with Crippen molar-refractivity contribution in [2.45, 2.75) is 172 Å². The van der Waals surface area contributed by atoms with Gasteiger partial charge in [-0.05, 0) is 77.0 Å². The Morgan fingerprint density at radius 3 is 2.12 bits per heavy atom. The zero-order chi connectivity index (χ0) is 42.2. The summed E-state index contributed by atoms with van der Waals surface area (Å²) in [6.07, 6.45) is -7.41. The number of carbonyl (C=O) groups is 4. The van der Waals surface area contributed by atoms with Gasteiger partial charge in [0.25, 0.3) is 0 Å². The van der Waals surface area contributed by atoms with E-state index in [0.29, 0.717) is 31.8 Å². The average molecular weight is 810 g/mol. The second-order valence-corrected chi connectivity index (χ2v) is 19.4. The van der Waals surface area contributed by atoms with E-state index >= 15 is 0 Å². The second kappa shape index (κ2) is 13.8. The molecule has 57 heavy (non-hydrogen) atoms. The Bertz CT molecular complexity index is 1650. The van der Waals surface area contributed by atoms with Crippen LogP contribution in [-0.4, -0.2) is 143 Å². The summed E-state index contributed by atoms with van der Waals surface area (Å²) < 4.78 is 31.1. The summed E-state index contributed by atoms with van der Waals surface area (Å²) in [5.41, 5.74) is -9.03. The van der Waals surface area contributed by atoms with Crippen LogP contribution in [0.25, 0.3) is 0 Å². The average Bonchev–Trinajstić information content (AvgIpc) is 3.40.